The minimum absolute atomic E-state index is 0.0820. The van der Waals surface area contributed by atoms with E-state index < -0.39 is 0 Å². The minimum Gasteiger partial charge on any atom is -0.392 e. The predicted octanol–water partition coefficient (Wildman–Crippen LogP) is 3.44. The number of likely N-dealkylation sites (N-methyl/N-ethyl adjacent to an activating group) is 1. The molecular weight excluding hydrogens is 222 g/mol. The highest BCUT2D eigenvalue weighted by Crippen LogP contribution is 2.31. The second-order valence-electron chi connectivity index (χ2n) is 6.63. The Labute approximate surface area is 113 Å². The summed E-state index contributed by atoms with van der Waals surface area (Å²) in [6.45, 7) is 3.21. The topological polar surface area (TPSA) is 23.5 Å². The first-order valence-corrected chi connectivity index (χ1v) is 8.09. The van der Waals surface area contributed by atoms with Gasteiger partial charge in [0.1, 0.15) is 0 Å². The van der Waals surface area contributed by atoms with Crippen molar-refractivity contribution in [2.75, 3.05) is 13.6 Å². The molecule has 0 bridgehead atoms. The van der Waals surface area contributed by atoms with Gasteiger partial charge < -0.3 is 10.0 Å². The summed E-state index contributed by atoms with van der Waals surface area (Å²) in [5, 5.41) is 10.3. The lowest BCUT2D eigenvalue weighted by Gasteiger charge is -2.36. The van der Waals surface area contributed by atoms with E-state index in [2.05, 4.69) is 18.9 Å². The van der Waals surface area contributed by atoms with Crippen molar-refractivity contribution in [3.8, 4) is 0 Å². The van der Waals surface area contributed by atoms with Crippen molar-refractivity contribution in [1.82, 2.24) is 4.90 Å². The molecule has 2 fully saturated rings. The van der Waals surface area contributed by atoms with E-state index in [-0.39, 0.29) is 6.10 Å². The fourth-order valence-corrected chi connectivity index (χ4v) is 3.93. The molecule has 0 aromatic heterocycles. The van der Waals surface area contributed by atoms with E-state index in [1.807, 2.05) is 0 Å². The van der Waals surface area contributed by atoms with Gasteiger partial charge in [0.2, 0.25) is 0 Å². The van der Waals surface area contributed by atoms with Crippen LogP contribution >= 0.6 is 0 Å². The van der Waals surface area contributed by atoms with E-state index in [4.69, 9.17) is 0 Å². The lowest BCUT2D eigenvalue weighted by atomic mass is 9.84. The average Bonchev–Trinajstić information content (AvgIpc) is 2.92. The molecule has 2 heteroatoms. The lowest BCUT2D eigenvalue weighted by molar-refractivity contribution is 0.0488. The standard InChI is InChI=1S/C16H31NO/c1-3-13-8-10-15(11-9-13)17(2)12-16(18)14-6-4-5-7-14/h13-16,18H,3-12H2,1-2H3. The Balaban J connectivity index is 1.72. The fraction of sp³-hybridized carbons (Fsp3) is 1.00. The molecule has 0 heterocycles. The van der Waals surface area contributed by atoms with Gasteiger partial charge in [0.15, 0.2) is 0 Å². The highest BCUT2D eigenvalue weighted by Gasteiger charge is 2.28. The summed E-state index contributed by atoms with van der Waals surface area (Å²) in [5.41, 5.74) is 0. The van der Waals surface area contributed by atoms with Crippen molar-refractivity contribution in [3.05, 3.63) is 0 Å². The van der Waals surface area contributed by atoms with Crippen LogP contribution < -0.4 is 0 Å². The van der Waals surface area contributed by atoms with Gasteiger partial charge in [-0.1, -0.05) is 26.2 Å². The van der Waals surface area contributed by atoms with Gasteiger partial charge in [0.25, 0.3) is 0 Å². The van der Waals surface area contributed by atoms with Crippen LogP contribution in [0.4, 0.5) is 0 Å². The molecule has 0 aromatic carbocycles. The molecule has 0 radical (unpaired) electrons. The quantitative estimate of drug-likeness (QED) is 0.811. The van der Waals surface area contributed by atoms with Crippen molar-refractivity contribution in [3.63, 3.8) is 0 Å². The highest BCUT2D eigenvalue weighted by molar-refractivity contribution is 4.82. The van der Waals surface area contributed by atoms with Crippen LogP contribution in [-0.4, -0.2) is 35.7 Å². The van der Waals surface area contributed by atoms with Gasteiger partial charge in [-0.05, 0) is 57.4 Å². The van der Waals surface area contributed by atoms with Gasteiger partial charge in [-0.25, -0.2) is 0 Å². The summed E-state index contributed by atoms with van der Waals surface area (Å²) in [4.78, 5) is 2.44. The molecule has 0 aromatic rings. The maximum Gasteiger partial charge on any atom is 0.0695 e. The summed E-state index contributed by atoms with van der Waals surface area (Å²) in [5.74, 6) is 1.55. The third kappa shape index (κ3) is 3.71. The van der Waals surface area contributed by atoms with E-state index in [9.17, 15) is 5.11 Å². The van der Waals surface area contributed by atoms with Crippen LogP contribution in [0.5, 0.6) is 0 Å². The molecule has 18 heavy (non-hydrogen) atoms. The average molecular weight is 253 g/mol. The van der Waals surface area contributed by atoms with Crippen molar-refractivity contribution >= 4 is 0 Å². The second-order valence-corrected chi connectivity index (χ2v) is 6.63. The fourth-order valence-electron chi connectivity index (χ4n) is 3.93. The Morgan fingerprint density at radius 1 is 1.06 bits per heavy atom. The first kappa shape index (κ1) is 14.3. The molecule has 1 N–H and O–H groups in total. The maximum atomic E-state index is 10.3. The predicted molar refractivity (Wildman–Crippen MR) is 76.6 cm³/mol. The van der Waals surface area contributed by atoms with E-state index in [1.54, 1.807) is 0 Å². The van der Waals surface area contributed by atoms with Crippen LogP contribution in [0, 0.1) is 11.8 Å². The third-order valence-electron chi connectivity index (χ3n) is 5.44. The molecule has 1 atom stereocenters. The number of rotatable bonds is 5. The van der Waals surface area contributed by atoms with Crippen molar-refractivity contribution in [2.24, 2.45) is 11.8 Å². The first-order valence-electron chi connectivity index (χ1n) is 8.09. The van der Waals surface area contributed by atoms with Crippen LogP contribution in [-0.2, 0) is 0 Å². The summed E-state index contributed by atoms with van der Waals surface area (Å²) < 4.78 is 0. The summed E-state index contributed by atoms with van der Waals surface area (Å²) in [6.07, 6.45) is 11.9. The van der Waals surface area contributed by atoms with Gasteiger partial charge in [0, 0.05) is 12.6 Å². The molecule has 0 spiro atoms. The smallest absolute Gasteiger partial charge is 0.0695 e. The largest absolute Gasteiger partial charge is 0.392 e. The molecule has 2 nitrogen and oxygen atoms in total. The van der Waals surface area contributed by atoms with Crippen LogP contribution in [0.15, 0.2) is 0 Å². The van der Waals surface area contributed by atoms with Crippen LogP contribution in [0.2, 0.25) is 0 Å². The van der Waals surface area contributed by atoms with Crippen LogP contribution in [0.1, 0.15) is 64.7 Å². The molecule has 2 saturated carbocycles. The SMILES string of the molecule is CCC1CCC(N(C)CC(O)C2CCCC2)CC1. The molecule has 0 amide bonds. The van der Waals surface area contributed by atoms with Gasteiger partial charge in [0.05, 0.1) is 6.10 Å². The Hall–Kier alpha value is -0.0800. The lowest BCUT2D eigenvalue weighted by Crippen LogP contribution is -2.41. The van der Waals surface area contributed by atoms with Crippen LogP contribution in [0.3, 0.4) is 0 Å². The third-order valence-corrected chi connectivity index (χ3v) is 5.44. The number of aliphatic hydroxyl groups is 1. The van der Waals surface area contributed by atoms with E-state index >= 15 is 0 Å². The van der Waals surface area contributed by atoms with Gasteiger partial charge in [-0.2, -0.15) is 0 Å². The Kier molecular flexibility index (Phi) is 5.50. The number of nitrogens with zero attached hydrogens (tertiary/aromatic N) is 1. The van der Waals surface area contributed by atoms with Crippen LogP contribution in [0.25, 0.3) is 0 Å². The minimum atomic E-state index is -0.0820. The molecule has 106 valence electrons. The second kappa shape index (κ2) is 6.91. The van der Waals surface area contributed by atoms with Crippen molar-refractivity contribution in [2.45, 2.75) is 76.9 Å². The van der Waals surface area contributed by atoms with Crippen molar-refractivity contribution < 1.29 is 5.11 Å². The molecule has 2 rings (SSSR count). The number of hydrogen-bond acceptors (Lipinski definition) is 2. The number of aliphatic hydroxyl groups excluding tert-OH is 1. The molecule has 0 aliphatic heterocycles. The number of hydrogen-bond donors (Lipinski definition) is 1. The Bertz CT molecular complexity index is 229. The van der Waals surface area contributed by atoms with E-state index in [0.717, 1.165) is 18.5 Å². The summed E-state index contributed by atoms with van der Waals surface area (Å²) in [6, 6.07) is 0.726. The zero-order valence-corrected chi connectivity index (χ0v) is 12.3. The maximum absolute atomic E-state index is 10.3. The first-order chi connectivity index (χ1) is 8.70. The Morgan fingerprint density at radius 3 is 2.22 bits per heavy atom. The molecule has 1 unspecified atom stereocenters. The monoisotopic (exact) mass is 253 g/mol. The molecular formula is C16H31NO. The van der Waals surface area contributed by atoms with Gasteiger partial charge in [-0.3, -0.25) is 0 Å². The molecule has 2 aliphatic carbocycles. The molecule has 0 saturated heterocycles. The van der Waals surface area contributed by atoms with E-state index in [0.29, 0.717) is 5.92 Å². The Morgan fingerprint density at radius 2 is 1.67 bits per heavy atom. The van der Waals surface area contributed by atoms with Gasteiger partial charge in [-0.15, -0.1) is 0 Å². The van der Waals surface area contributed by atoms with Gasteiger partial charge >= 0.3 is 0 Å². The molecule has 2 aliphatic rings. The zero-order valence-electron chi connectivity index (χ0n) is 12.3. The zero-order chi connectivity index (χ0) is 13.0. The van der Waals surface area contributed by atoms with E-state index in [1.165, 1.54) is 57.8 Å². The normalized spacial score (nSPS) is 32.0. The highest BCUT2D eigenvalue weighted by atomic mass is 16.3. The summed E-state index contributed by atoms with van der Waals surface area (Å²) in [7, 11) is 2.22. The summed E-state index contributed by atoms with van der Waals surface area (Å²) >= 11 is 0. The van der Waals surface area contributed by atoms with Crippen molar-refractivity contribution in [1.29, 1.82) is 0 Å².